The number of alkyl halides is 1. The lowest BCUT2D eigenvalue weighted by atomic mass is 10.3. The monoisotopic (exact) mass is 339 g/mol. The van der Waals surface area contributed by atoms with Gasteiger partial charge in [0.1, 0.15) is 6.61 Å². The number of hydrogen-bond acceptors (Lipinski definition) is 3. The van der Waals surface area contributed by atoms with E-state index in [1.807, 2.05) is 24.3 Å². The van der Waals surface area contributed by atoms with Gasteiger partial charge in [0.25, 0.3) is 0 Å². The Balaban J connectivity index is 2.24. The van der Waals surface area contributed by atoms with Crippen molar-refractivity contribution in [1.82, 2.24) is 5.32 Å². The van der Waals surface area contributed by atoms with Crippen molar-refractivity contribution in [3.8, 4) is 23.3 Å². The third-order valence-electron chi connectivity index (χ3n) is 2.41. The van der Waals surface area contributed by atoms with E-state index in [0.29, 0.717) is 24.5 Å². The Bertz CT molecular complexity index is 479. The van der Waals surface area contributed by atoms with Crippen molar-refractivity contribution in [2.24, 2.45) is 0 Å². The van der Waals surface area contributed by atoms with Crippen molar-refractivity contribution >= 4 is 21.8 Å². The standard InChI is InChI=1S/C15H18BrNO3/c1-19-13-7-2-3-8-14(13)20-12-5-4-11-17-15(18)9-6-10-16/h2-3,7-8H,6,9-12H2,1H3,(H,17,18). The zero-order valence-corrected chi connectivity index (χ0v) is 13.0. The molecule has 1 aromatic carbocycles. The lowest BCUT2D eigenvalue weighted by Crippen LogP contribution is -2.23. The summed E-state index contributed by atoms with van der Waals surface area (Å²) in [6.45, 7) is 0.605. The van der Waals surface area contributed by atoms with Crippen molar-refractivity contribution < 1.29 is 14.3 Å². The van der Waals surface area contributed by atoms with E-state index in [-0.39, 0.29) is 12.5 Å². The first-order valence-electron chi connectivity index (χ1n) is 6.32. The third-order valence-corrected chi connectivity index (χ3v) is 2.97. The van der Waals surface area contributed by atoms with E-state index in [1.165, 1.54) is 0 Å². The Labute approximate surface area is 128 Å². The van der Waals surface area contributed by atoms with Crippen LogP contribution in [0.15, 0.2) is 24.3 Å². The number of halogens is 1. The summed E-state index contributed by atoms with van der Waals surface area (Å²) in [7, 11) is 1.59. The van der Waals surface area contributed by atoms with Gasteiger partial charge in [-0.3, -0.25) is 4.79 Å². The Kier molecular flexibility index (Phi) is 8.32. The second-order valence-corrected chi connectivity index (χ2v) is 4.66. The maximum atomic E-state index is 11.3. The molecule has 0 radical (unpaired) electrons. The van der Waals surface area contributed by atoms with E-state index < -0.39 is 0 Å². The van der Waals surface area contributed by atoms with Crippen LogP contribution in [0.2, 0.25) is 0 Å². The molecule has 0 aliphatic carbocycles. The van der Waals surface area contributed by atoms with E-state index in [4.69, 9.17) is 9.47 Å². The zero-order valence-electron chi connectivity index (χ0n) is 11.4. The Hall–Kier alpha value is -1.67. The molecule has 5 heteroatoms. The summed E-state index contributed by atoms with van der Waals surface area (Å²) in [5.41, 5.74) is 0. The first kappa shape index (κ1) is 16.4. The highest BCUT2D eigenvalue weighted by Crippen LogP contribution is 2.25. The number of para-hydroxylation sites is 2. The number of ether oxygens (including phenoxy) is 2. The number of nitrogens with one attached hydrogen (secondary N) is 1. The normalized spacial score (nSPS) is 9.30. The molecule has 0 atom stereocenters. The molecule has 20 heavy (non-hydrogen) atoms. The summed E-state index contributed by atoms with van der Waals surface area (Å²) in [6.07, 6.45) is 1.35. The van der Waals surface area contributed by atoms with Crippen LogP contribution >= 0.6 is 15.9 Å². The van der Waals surface area contributed by atoms with Crippen molar-refractivity contribution in [3.63, 3.8) is 0 Å². The van der Waals surface area contributed by atoms with Gasteiger partial charge in [-0.25, -0.2) is 0 Å². The predicted octanol–water partition coefficient (Wildman–Crippen LogP) is 2.37. The summed E-state index contributed by atoms with van der Waals surface area (Å²) in [6, 6.07) is 7.39. The second kappa shape index (κ2) is 10.2. The molecule has 0 spiro atoms. The van der Waals surface area contributed by atoms with Gasteiger partial charge in [-0.05, 0) is 18.6 Å². The summed E-state index contributed by atoms with van der Waals surface area (Å²) < 4.78 is 10.6. The highest BCUT2D eigenvalue weighted by Gasteiger charge is 2.00. The fraction of sp³-hybridized carbons (Fsp3) is 0.400. The molecule has 108 valence electrons. The summed E-state index contributed by atoms with van der Waals surface area (Å²) in [5.74, 6) is 7.04. The van der Waals surface area contributed by atoms with Crippen molar-refractivity contribution in [1.29, 1.82) is 0 Å². The highest BCUT2D eigenvalue weighted by atomic mass is 79.9. The minimum absolute atomic E-state index is 0.0180. The van der Waals surface area contributed by atoms with Crippen molar-refractivity contribution in [3.05, 3.63) is 24.3 Å². The van der Waals surface area contributed by atoms with E-state index in [0.717, 1.165) is 11.8 Å². The molecular weight excluding hydrogens is 322 g/mol. The van der Waals surface area contributed by atoms with Crippen LogP contribution in [0.5, 0.6) is 11.5 Å². The van der Waals surface area contributed by atoms with Gasteiger partial charge in [0.05, 0.1) is 13.7 Å². The van der Waals surface area contributed by atoms with E-state index in [1.54, 1.807) is 7.11 Å². The molecule has 0 fully saturated rings. The molecule has 1 rings (SSSR count). The van der Waals surface area contributed by atoms with Crippen LogP contribution in [0.3, 0.4) is 0 Å². The molecule has 0 aromatic heterocycles. The topological polar surface area (TPSA) is 47.6 Å². The molecule has 0 unspecified atom stereocenters. The summed E-state index contributed by atoms with van der Waals surface area (Å²) >= 11 is 3.28. The predicted molar refractivity (Wildman–Crippen MR) is 82.3 cm³/mol. The lowest BCUT2D eigenvalue weighted by Gasteiger charge is -2.07. The maximum absolute atomic E-state index is 11.3. The maximum Gasteiger partial charge on any atom is 0.220 e. The Morgan fingerprint density at radius 3 is 2.75 bits per heavy atom. The molecule has 0 aliphatic rings. The fourth-order valence-corrected chi connectivity index (χ4v) is 1.70. The quantitative estimate of drug-likeness (QED) is 0.612. The number of amides is 1. The van der Waals surface area contributed by atoms with Gasteiger partial charge in [-0.15, -0.1) is 0 Å². The second-order valence-electron chi connectivity index (χ2n) is 3.86. The molecule has 1 N–H and O–H groups in total. The molecular formula is C15H18BrNO3. The minimum atomic E-state index is 0.0180. The van der Waals surface area contributed by atoms with Crippen LogP contribution in [-0.4, -0.2) is 31.5 Å². The Morgan fingerprint density at radius 2 is 2.05 bits per heavy atom. The number of methoxy groups -OCH3 is 1. The fourth-order valence-electron chi connectivity index (χ4n) is 1.42. The molecule has 0 heterocycles. The van der Waals surface area contributed by atoms with E-state index in [9.17, 15) is 4.79 Å². The number of benzene rings is 1. The van der Waals surface area contributed by atoms with Crippen LogP contribution in [-0.2, 0) is 4.79 Å². The van der Waals surface area contributed by atoms with Crippen LogP contribution in [0.4, 0.5) is 0 Å². The molecule has 4 nitrogen and oxygen atoms in total. The van der Waals surface area contributed by atoms with Gasteiger partial charge in [-0.1, -0.05) is 39.9 Å². The largest absolute Gasteiger partial charge is 0.493 e. The van der Waals surface area contributed by atoms with Gasteiger partial charge in [0.2, 0.25) is 5.91 Å². The van der Waals surface area contributed by atoms with Crippen LogP contribution in [0.1, 0.15) is 12.8 Å². The van der Waals surface area contributed by atoms with E-state index >= 15 is 0 Å². The first-order valence-corrected chi connectivity index (χ1v) is 7.44. The van der Waals surface area contributed by atoms with Gasteiger partial charge in [-0.2, -0.15) is 0 Å². The third kappa shape index (κ3) is 6.48. The van der Waals surface area contributed by atoms with Crippen molar-refractivity contribution in [2.45, 2.75) is 12.8 Å². The number of carbonyl (C=O) groups excluding carboxylic acids is 1. The first-order chi connectivity index (χ1) is 9.77. The number of rotatable bonds is 7. The van der Waals surface area contributed by atoms with Crippen molar-refractivity contribution in [2.75, 3.05) is 25.6 Å². The SMILES string of the molecule is COc1ccccc1OCC#CCNC(=O)CCCBr. The smallest absolute Gasteiger partial charge is 0.220 e. The van der Waals surface area contributed by atoms with Crippen LogP contribution in [0.25, 0.3) is 0 Å². The molecule has 0 bridgehead atoms. The zero-order chi connectivity index (χ0) is 14.6. The molecule has 0 saturated carbocycles. The summed E-state index contributed by atoms with van der Waals surface area (Å²) in [5, 5.41) is 3.56. The van der Waals surface area contributed by atoms with Gasteiger partial charge in [0.15, 0.2) is 11.5 Å². The number of hydrogen-bond donors (Lipinski definition) is 1. The Morgan fingerprint density at radius 1 is 1.30 bits per heavy atom. The van der Waals surface area contributed by atoms with Gasteiger partial charge in [0, 0.05) is 11.8 Å². The molecule has 1 aromatic rings. The molecule has 0 aliphatic heterocycles. The van der Waals surface area contributed by atoms with Gasteiger partial charge >= 0.3 is 0 Å². The minimum Gasteiger partial charge on any atom is -0.493 e. The van der Waals surface area contributed by atoms with Crippen LogP contribution < -0.4 is 14.8 Å². The summed E-state index contributed by atoms with van der Waals surface area (Å²) in [4.78, 5) is 11.3. The average Bonchev–Trinajstić information content (AvgIpc) is 2.49. The van der Waals surface area contributed by atoms with E-state index in [2.05, 4.69) is 33.1 Å². The molecule has 1 amide bonds. The molecule has 0 saturated heterocycles. The number of carbonyl (C=O) groups is 1. The van der Waals surface area contributed by atoms with Crippen LogP contribution in [0, 0.1) is 11.8 Å². The average molecular weight is 340 g/mol. The highest BCUT2D eigenvalue weighted by molar-refractivity contribution is 9.09. The van der Waals surface area contributed by atoms with Gasteiger partial charge < -0.3 is 14.8 Å². The lowest BCUT2D eigenvalue weighted by molar-refractivity contribution is -0.120.